The average Bonchev–Trinajstić information content (AvgIpc) is 2.40. The van der Waals surface area contributed by atoms with E-state index in [4.69, 9.17) is 11.6 Å². The molecule has 0 fully saturated rings. The first kappa shape index (κ1) is 14.1. The fourth-order valence-corrected chi connectivity index (χ4v) is 2.66. The molecule has 0 saturated heterocycles. The smallest absolute Gasteiger partial charge is 0.0379 e. The first-order chi connectivity index (χ1) is 9.16. The summed E-state index contributed by atoms with van der Waals surface area (Å²) in [7, 11) is 0. The van der Waals surface area contributed by atoms with E-state index in [-0.39, 0.29) is 5.38 Å². The molecule has 100 valence electrons. The Morgan fingerprint density at radius 3 is 1.95 bits per heavy atom. The van der Waals surface area contributed by atoms with Crippen molar-refractivity contribution in [2.45, 2.75) is 38.5 Å². The molecule has 0 aliphatic heterocycles. The Bertz CT molecular complexity index is 531. The molecule has 0 aromatic heterocycles. The second-order valence-electron chi connectivity index (χ2n) is 5.19. The Balaban J connectivity index is 1.90. The largest absolute Gasteiger partial charge is 0.123 e. The van der Waals surface area contributed by atoms with Crippen LogP contribution < -0.4 is 0 Å². The van der Waals surface area contributed by atoms with Crippen molar-refractivity contribution >= 4 is 11.6 Å². The molecule has 0 aliphatic carbocycles. The van der Waals surface area contributed by atoms with Gasteiger partial charge in [0.25, 0.3) is 0 Å². The second kappa shape index (κ2) is 6.77. The summed E-state index contributed by atoms with van der Waals surface area (Å²) >= 11 is 6.49. The fraction of sp³-hybridized carbons (Fsp3) is 0.333. The molecule has 0 saturated carbocycles. The molecule has 19 heavy (non-hydrogen) atoms. The lowest BCUT2D eigenvalue weighted by atomic mass is 9.98. The van der Waals surface area contributed by atoms with E-state index in [1.54, 1.807) is 0 Å². The van der Waals surface area contributed by atoms with Crippen molar-refractivity contribution in [2.75, 3.05) is 0 Å². The Hall–Kier alpha value is -1.27. The molecule has 0 bridgehead atoms. The maximum Gasteiger partial charge on any atom is 0.0379 e. The number of benzene rings is 2. The number of halogens is 1. The summed E-state index contributed by atoms with van der Waals surface area (Å²) in [5.41, 5.74) is 5.48. The first-order valence-electron chi connectivity index (χ1n) is 6.90. The van der Waals surface area contributed by atoms with Crippen molar-refractivity contribution in [1.29, 1.82) is 0 Å². The van der Waals surface area contributed by atoms with Gasteiger partial charge in [-0.3, -0.25) is 0 Å². The van der Waals surface area contributed by atoms with Gasteiger partial charge in [-0.15, -0.1) is 11.6 Å². The maximum absolute atomic E-state index is 6.49. The van der Waals surface area contributed by atoms with E-state index >= 15 is 0 Å². The third-order valence-electron chi connectivity index (χ3n) is 3.69. The van der Waals surface area contributed by atoms with Crippen LogP contribution in [-0.2, 0) is 12.8 Å². The molecule has 2 rings (SSSR count). The lowest BCUT2D eigenvalue weighted by Gasteiger charge is -2.12. The predicted octanol–water partition coefficient (Wildman–Crippen LogP) is 5.09. The van der Waals surface area contributed by atoms with E-state index in [9.17, 15) is 0 Å². The average molecular weight is 273 g/mol. The second-order valence-corrected chi connectivity index (χ2v) is 5.81. The molecule has 0 heterocycles. The van der Waals surface area contributed by atoms with Gasteiger partial charge in [-0.2, -0.15) is 0 Å². The van der Waals surface area contributed by atoms with Crippen molar-refractivity contribution < 1.29 is 0 Å². The number of rotatable bonds is 5. The molecule has 2 aromatic rings. The van der Waals surface area contributed by atoms with Gasteiger partial charge in [0.2, 0.25) is 0 Å². The van der Waals surface area contributed by atoms with Crippen molar-refractivity contribution in [3.63, 3.8) is 0 Å². The van der Waals surface area contributed by atoms with Gasteiger partial charge < -0.3 is 0 Å². The molecule has 0 nitrogen and oxygen atoms in total. The highest BCUT2D eigenvalue weighted by molar-refractivity contribution is 6.20. The first-order valence-corrected chi connectivity index (χ1v) is 7.33. The van der Waals surface area contributed by atoms with E-state index in [0.29, 0.717) is 0 Å². The van der Waals surface area contributed by atoms with Gasteiger partial charge in [0.05, 0.1) is 0 Å². The Morgan fingerprint density at radius 2 is 1.37 bits per heavy atom. The van der Waals surface area contributed by atoms with Crippen LogP contribution in [0.3, 0.4) is 0 Å². The van der Waals surface area contributed by atoms with E-state index < -0.39 is 0 Å². The summed E-state index contributed by atoms with van der Waals surface area (Å²) < 4.78 is 0. The molecule has 0 aliphatic rings. The lowest BCUT2D eigenvalue weighted by Crippen LogP contribution is -2.06. The van der Waals surface area contributed by atoms with E-state index in [2.05, 4.69) is 62.4 Å². The summed E-state index contributed by atoms with van der Waals surface area (Å²) in [5.74, 6) is 0. The van der Waals surface area contributed by atoms with Crippen molar-refractivity contribution in [2.24, 2.45) is 0 Å². The van der Waals surface area contributed by atoms with Crippen LogP contribution in [0, 0.1) is 13.8 Å². The van der Waals surface area contributed by atoms with Gasteiger partial charge in [0, 0.05) is 5.38 Å². The predicted molar refractivity (Wildman–Crippen MR) is 84.0 cm³/mol. The number of alkyl halides is 1. The normalized spacial score (nSPS) is 12.4. The fourth-order valence-electron chi connectivity index (χ4n) is 2.38. The molecule has 0 spiro atoms. The van der Waals surface area contributed by atoms with Gasteiger partial charge in [-0.25, -0.2) is 0 Å². The van der Waals surface area contributed by atoms with Crippen LogP contribution in [0.2, 0.25) is 0 Å². The monoisotopic (exact) mass is 272 g/mol. The van der Waals surface area contributed by atoms with Gasteiger partial charge in [-0.05, 0) is 55.4 Å². The summed E-state index contributed by atoms with van der Waals surface area (Å²) in [6, 6.07) is 17.1. The van der Waals surface area contributed by atoms with E-state index in [1.165, 1.54) is 22.3 Å². The van der Waals surface area contributed by atoms with Gasteiger partial charge in [0.15, 0.2) is 0 Å². The molecule has 0 amide bonds. The van der Waals surface area contributed by atoms with Crippen molar-refractivity contribution in [1.82, 2.24) is 0 Å². The molecular weight excluding hydrogens is 252 g/mol. The molecule has 2 aromatic carbocycles. The van der Waals surface area contributed by atoms with Crippen molar-refractivity contribution in [3.8, 4) is 0 Å². The summed E-state index contributed by atoms with van der Waals surface area (Å²) in [4.78, 5) is 0. The third-order valence-corrected chi connectivity index (χ3v) is 4.06. The van der Waals surface area contributed by atoms with E-state index in [1.807, 2.05) is 0 Å². The van der Waals surface area contributed by atoms with Gasteiger partial charge >= 0.3 is 0 Å². The standard InChI is InChI=1S/C18H21Cl/c1-14-7-3-5-9-16(14)11-12-18(19)13-17-10-6-4-8-15(17)2/h3-10,18H,11-13H2,1-2H3. The number of hydrogen-bond acceptors (Lipinski definition) is 0. The molecule has 0 radical (unpaired) electrons. The SMILES string of the molecule is Cc1ccccc1CCC(Cl)Cc1ccccc1C. The maximum atomic E-state index is 6.49. The Morgan fingerprint density at radius 1 is 0.842 bits per heavy atom. The van der Waals surface area contributed by atoms with E-state index in [0.717, 1.165) is 19.3 Å². The summed E-state index contributed by atoms with van der Waals surface area (Å²) in [6.45, 7) is 4.32. The number of aryl methyl sites for hydroxylation is 3. The molecule has 0 N–H and O–H groups in total. The van der Waals surface area contributed by atoms with Crippen LogP contribution in [0.15, 0.2) is 48.5 Å². The minimum atomic E-state index is 0.209. The zero-order valence-corrected chi connectivity index (χ0v) is 12.5. The van der Waals surface area contributed by atoms with Crippen molar-refractivity contribution in [3.05, 3.63) is 70.8 Å². The third kappa shape index (κ3) is 4.11. The highest BCUT2D eigenvalue weighted by Gasteiger charge is 2.08. The minimum Gasteiger partial charge on any atom is -0.123 e. The van der Waals surface area contributed by atoms with Crippen LogP contribution in [0.1, 0.15) is 28.7 Å². The topological polar surface area (TPSA) is 0 Å². The molecule has 1 heteroatoms. The highest BCUT2D eigenvalue weighted by Crippen LogP contribution is 2.18. The molecule has 1 unspecified atom stereocenters. The van der Waals surface area contributed by atoms with Crippen LogP contribution in [0.25, 0.3) is 0 Å². The Labute approximate surface area is 121 Å². The highest BCUT2D eigenvalue weighted by atomic mass is 35.5. The van der Waals surface area contributed by atoms with Crippen LogP contribution in [0.4, 0.5) is 0 Å². The summed E-state index contributed by atoms with van der Waals surface area (Å²) in [6.07, 6.45) is 3.05. The Kier molecular flexibility index (Phi) is 5.04. The van der Waals surface area contributed by atoms with Gasteiger partial charge in [0.1, 0.15) is 0 Å². The minimum absolute atomic E-state index is 0.209. The summed E-state index contributed by atoms with van der Waals surface area (Å²) in [5, 5.41) is 0.209. The zero-order valence-electron chi connectivity index (χ0n) is 11.7. The molecule has 1 atom stereocenters. The van der Waals surface area contributed by atoms with Crippen LogP contribution in [-0.4, -0.2) is 5.38 Å². The molecular formula is C18H21Cl. The zero-order chi connectivity index (χ0) is 13.7. The quantitative estimate of drug-likeness (QED) is 0.666. The number of hydrogen-bond donors (Lipinski definition) is 0. The van der Waals surface area contributed by atoms with Crippen LogP contribution >= 0.6 is 11.6 Å². The lowest BCUT2D eigenvalue weighted by molar-refractivity contribution is 0.739. The van der Waals surface area contributed by atoms with Gasteiger partial charge in [-0.1, -0.05) is 48.5 Å². The van der Waals surface area contributed by atoms with Crippen LogP contribution in [0.5, 0.6) is 0 Å².